The van der Waals surface area contributed by atoms with Crippen LogP contribution in [0.25, 0.3) is 77.9 Å². The molecule has 0 saturated carbocycles. The summed E-state index contributed by atoms with van der Waals surface area (Å²) in [6, 6.07) is 66.8. The molecule has 380 valence electrons. The first-order chi connectivity index (χ1) is 37.6. The normalized spacial score (nSPS) is 16.4. The maximum atomic E-state index is 6.30. The third-order valence-electron chi connectivity index (χ3n) is 16.9. The summed E-state index contributed by atoms with van der Waals surface area (Å²) < 4.78 is 0. The summed E-state index contributed by atoms with van der Waals surface area (Å²) in [5, 5.41) is 0. The summed E-state index contributed by atoms with van der Waals surface area (Å²) in [7, 11) is 0. The Morgan fingerprint density at radius 1 is 0.506 bits per heavy atom. The fourth-order valence-electron chi connectivity index (χ4n) is 12.8. The summed E-state index contributed by atoms with van der Waals surface area (Å²) in [6.07, 6.45) is 20.5. The second kappa shape index (κ2) is 21.8. The molecule has 1 atom stereocenters. The minimum absolute atomic E-state index is 0.193. The van der Waals surface area contributed by atoms with Crippen molar-refractivity contribution in [1.29, 1.82) is 0 Å². The van der Waals surface area contributed by atoms with Gasteiger partial charge in [-0.1, -0.05) is 204 Å². The van der Waals surface area contributed by atoms with Crippen LogP contribution < -0.4 is 5.73 Å². The van der Waals surface area contributed by atoms with Crippen LogP contribution in [-0.2, 0) is 11.8 Å². The summed E-state index contributed by atoms with van der Waals surface area (Å²) in [5.41, 5.74) is 38.6. The van der Waals surface area contributed by atoms with Crippen LogP contribution >= 0.6 is 0 Å². The summed E-state index contributed by atoms with van der Waals surface area (Å²) in [5.74, 6) is 0.375. The molecular formula is C76H71N. The maximum absolute atomic E-state index is 6.30. The molecule has 0 bridgehead atoms. The number of nitrogen functional groups attached to an aromatic ring is 1. The van der Waals surface area contributed by atoms with E-state index in [1.54, 1.807) is 11.1 Å². The molecule has 4 aliphatic carbocycles. The zero-order chi connectivity index (χ0) is 53.2. The Kier molecular flexibility index (Phi) is 14.4. The molecule has 0 aromatic heterocycles. The lowest BCUT2D eigenvalue weighted by molar-refractivity contribution is 0.725. The number of anilines is 1. The van der Waals surface area contributed by atoms with E-state index in [0.29, 0.717) is 5.92 Å². The van der Waals surface area contributed by atoms with Gasteiger partial charge in [0.05, 0.1) is 5.41 Å². The third-order valence-corrected chi connectivity index (χ3v) is 16.9. The van der Waals surface area contributed by atoms with Crippen LogP contribution in [0.1, 0.15) is 107 Å². The fraction of sp³-hybridized carbons (Fsp3) is 0.184. The summed E-state index contributed by atoms with van der Waals surface area (Å²) in [4.78, 5) is 0. The molecule has 0 aliphatic heterocycles. The average molecular weight is 998 g/mol. The lowest BCUT2D eigenvalue weighted by Crippen LogP contribution is -2.28. The predicted molar refractivity (Wildman–Crippen MR) is 333 cm³/mol. The van der Waals surface area contributed by atoms with Gasteiger partial charge < -0.3 is 5.73 Å². The van der Waals surface area contributed by atoms with E-state index in [0.717, 1.165) is 44.2 Å². The number of hydrogen-bond acceptors (Lipinski definition) is 1. The number of hydrogen-bond donors (Lipinski definition) is 1. The molecule has 0 amide bonds. The van der Waals surface area contributed by atoms with Gasteiger partial charge in [0.25, 0.3) is 0 Å². The minimum Gasteiger partial charge on any atom is -0.398 e. The first kappa shape index (κ1) is 50.9. The van der Waals surface area contributed by atoms with Gasteiger partial charge >= 0.3 is 0 Å². The number of aryl methyl sites for hydroxylation is 1. The lowest BCUT2D eigenvalue weighted by atomic mass is 9.67. The molecule has 8 aromatic carbocycles. The fourth-order valence-corrected chi connectivity index (χ4v) is 12.8. The van der Waals surface area contributed by atoms with Crippen LogP contribution in [0.2, 0.25) is 0 Å². The van der Waals surface area contributed by atoms with Crippen LogP contribution in [-0.4, -0.2) is 0 Å². The number of benzene rings is 8. The largest absolute Gasteiger partial charge is 0.398 e. The molecule has 77 heavy (non-hydrogen) atoms. The van der Waals surface area contributed by atoms with E-state index in [1.165, 1.54) is 122 Å². The van der Waals surface area contributed by atoms with Crippen molar-refractivity contribution in [3.63, 3.8) is 0 Å². The van der Waals surface area contributed by atoms with Gasteiger partial charge in [0.15, 0.2) is 0 Å². The standard InChI is InChI=1S/C41H38.C35H33N/c1-5-35-27(3)41(39-20-14-13-19-37(35)39)28(4)36(6-2)38-22-21-31(26-40(38)41)34-24-32(29-15-9-7-10-16-29)23-33(25-34)30-17-11-8-12-18-30;1-4-25-10-12-28(13-11-25)31-20-32(29-16-14-27(15-17-29)26-8-6-5-7-9-26)22-33(21-31)30-18-19-35(36)34(23-30)24(2)3/h6-7,9-11,14-18,20-26H,2,5,8,12-13,19H2,1,3-4H3;5-24H,4,36H2,1-3H3. The molecule has 0 heterocycles. The average Bonchev–Trinajstić information content (AvgIpc) is 4.03. The van der Waals surface area contributed by atoms with Gasteiger partial charge in [-0.15, -0.1) is 0 Å². The monoisotopic (exact) mass is 998 g/mol. The number of fused-ring (bicyclic) bond motifs is 3. The molecule has 1 heteroatoms. The van der Waals surface area contributed by atoms with Crippen LogP contribution in [0.15, 0.2) is 253 Å². The quantitative estimate of drug-likeness (QED) is 0.128. The maximum Gasteiger partial charge on any atom is 0.0639 e. The van der Waals surface area contributed by atoms with Gasteiger partial charge in [0.1, 0.15) is 0 Å². The van der Waals surface area contributed by atoms with Crippen molar-refractivity contribution < 1.29 is 0 Å². The molecule has 0 saturated heterocycles. The molecule has 0 fully saturated rings. The highest BCUT2D eigenvalue weighted by Gasteiger charge is 2.51. The summed E-state index contributed by atoms with van der Waals surface area (Å²) in [6.45, 7) is 17.9. The van der Waals surface area contributed by atoms with E-state index in [9.17, 15) is 0 Å². The van der Waals surface area contributed by atoms with E-state index < -0.39 is 0 Å². The van der Waals surface area contributed by atoms with E-state index in [2.05, 4.69) is 261 Å². The van der Waals surface area contributed by atoms with Gasteiger partial charge in [0.2, 0.25) is 0 Å². The van der Waals surface area contributed by atoms with Crippen molar-refractivity contribution >= 4 is 16.8 Å². The van der Waals surface area contributed by atoms with Gasteiger partial charge in [-0.2, -0.15) is 0 Å². The van der Waals surface area contributed by atoms with Gasteiger partial charge in [-0.05, 0) is 241 Å². The number of rotatable bonds is 11. The Bertz CT molecular complexity index is 3730. The highest BCUT2D eigenvalue weighted by atomic mass is 14.6. The third kappa shape index (κ3) is 9.59. The zero-order valence-electron chi connectivity index (χ0n) is 45.9. The minimum atomic E-state index is -0.193. The predicted octanol–water partition coefficient (Wildman–Crippen LogP) is 21.0. The first-order valence-corrected chi connectivity index (χ1v) is 28.1. The van der Waals surface area contributed by atoms with E-state index in [4.69, 9.17) is 5.73 Å². The topological polar surface area (TPSA) is 26.0 Å². The number of allylic oxidation sites excluding steroid dienone is 13. The van der Waals surface area contributed by atoms with Gasteiger partial charge in [0, 0.05) is 5.69 Å². The first-order valence-electron chi connectivity index (χ1n) is 28.1. The highest BCUT2D eigenvalue weighted by Crippen LogP contribution is 2.62. The Hall–Kier alpha value is -8.26. The van der Waals surface area contributed by atoms with Crippen LogP contribution in [0.3, 0.4) is 0 Å². The van der Waals surface area contributed by atoms with Crippen LogP contribution in [0.4, 0.5) is 5.69 Å². The van der Waals surface area contributed by atoms with Crippen molar-refractivity contribution in [3.05, 3.63) is 281 Å². The molecule has 1 nitrogen and oxygen atoms in total. The molecule has 2 N–H and O–H groups in total. The zero-order valence-corrected chi connectivity index (χ0v) is 45.9. The lowest BCUT2D eigenvalue weighted by Gasteiger charge is -2.34. The Labute approximate surface area is 459 Å². The van der Waals surface area contributed by atoms with Crippen molar-refractivity contribution in [1.82, 2.24) is 0 Å². The van der Waals surface area contributed by atoms with E-state index >= 15 is 0 Å². The second-order valence-electron chi connectivity index (χ2n) is 21.6. The molecule has 1 spiro atoms. The van der Waals surface area contributed by atoms with E-state index in [1.807, 2.05) is 6.07 Å². The molecule has 8 aromatic rings. The highest BCUT2D eigenvalue weighted by molar-refractivity contribution is 5.94. The van der Waals surface area contributed by atoms with Crippen molar-refractivity contribution in [2.24, 2.45) is 0 Å². The van der Waals surface area contributed by atoms with Crippen molar-refractivity contribution in [2.75, 3.05) is 5.73 Å². The molecule has 1 unspecified atom stereocenters. The smallest absolute Gasteiger partial charge is 0.0639 e. The molecule has 12 rings (SSSR count). The molecule has 4 aliphatic rings. The van der Waals surface area contributed by atoms with Crippen molar-refractivity contribution in [3.8, 4) is 66.8 Å². The van der Waals surface area contributed by atoms with Crippen molar-refractivity contribution in [2.45, 2.75) is 91.4 Å². The van der Waals surface area contributed by atoms with Crippen LogP contribution in [0, 0.1) is 0 Å². The Morgan fingerprint density at radius 3 is 1.57 bits per heavy atom. The van der Waals surface area contributed by atoms with Crippen LogP contribution in [0.5, 0.6) is 0 Å². The summed E-state index contributed by atoms with van der Waals surface area (Å²) >= 11 is 0. The second-order valence-corrected chi connectivity index (χ2v) is 21.6. The molecule has 0 radical (unpaired) electrons. The molecular weight excluding hydrogens is 927 g/mol. The Morgan fingerprint density at radius 2 is 1.01 bits per heavy atom. The Balaban J connectivity index is 0.000000165. The van der Waals surface area contributed by atoms with E-state index in [-0.39, 0.29) is 5.41 Å². The van der Waals surface area contributed by atoms with Gasteiger partial charge in [-0.3, -0.25) is 0 Å². The SMILES string of the molecule is C=CC1=C(C)C2(C(C)=C(CC)C3=C2C=CCC3)c2cc(-c3cc(C4=CCCC=C4)cc(-c4ccccc4)c3)ccc21.CCc1ccc(-c2cc(-c3ccc(-c4ccccc4)cc3)cc(-c3ccc(N)c(C(C)C)c3)c2)cc1. The number of nitrogens with two attached hydrogens (primary N) is 1. The van der Waals surface area contributed by atoms with Gasteiger partial charge in [-0.25, -0.2) is 0 Å².